The van der Waals surface area contributed by atoms with Gasteiger partial charge in [-0.25, -0.2) is 0 Å². The maximum absolute atomic E-state index is 12.3. The number of hydrogen-bond acceptors (Lipinski definition) is 6. The molecule has 0 saturated carbocycles. The Morgan fingerprint density at radius 1 is 1.09 bits per heavy atom. The van der Waals surface area contributed by atoms with Gasteiger partial charge in [-0.3, -0.25) is 9.59 Å². The third-order valence-electron chi connectivity index (χ3n) is 5.02. The van der Waals surface area contributed by atoms with Gasteiger partial charge in [-0.15, -0.1) is 0 Å². The highest BCUT2D eigenvalue weighted by Gasteiger charge is 2.15. The van der Waals surface area contributed by atoms with Gasteiger partial charge in [-0.1, -0.05) is 39.0 Å². The molecular weight excluding hydrogens is 444 g/mol. The predicted molar refractivity (Wildman–Crippen MR) is 135 cm³/mol. The van der Waals surface area contributed by atoms with Gasteiger partial charge < -0.3 is 19.5 Å². The summed E-state index contributed by atoms with van der Waals surface area (Å²) < 4.78 is 16.5. The number of carbonyl (C=O) groups excluding carboxylic acids is 2. The number of nitrogens with zero attached hydrogens (tertiary/aromatic N) is 1. The molecule has 2 aromatic rings. The number of esters is 1. The molecular formula is C28H34N2O5. The van der Waals surface area contributed by atoms with Crippen LogP contribution in [0.5, 0.6) is 17.2 Å². The fourth-order valence-corrected chi connectivity index (χ4v) is 3.14. The molecule has 0 aromatic heterocycles. The topological polar surface area (TPSA) is 97.6 Å². The van der Waals surface area contributed by atoms with Gasteiger partial charge in [0.2, 0.25) is 0 Å². The first-order valence-corrected chi connectivity index (χ1v) is 11.6. The van der Waals surface area contributed by atoms with Crippen molar-refractivity contribution in [2.75, 3.05) is 13.7 Å². The molecule has 0 atom stereocenters. The molecule has 7 heteroatoms. The van der Waals surface area contributed by atoms with Crippen LogP contribution in [0.25, 0.3) is 6.08 Å². The first-order valence-electron chi connectivity index (χ1n) is 11.6. The van der Waals surface area contributed by atoms with E-state index < -0.39 is 11.9 Å². The minimum atomic E-state index is -0.454. The third kappa shape index (κ3) is 8.82. The molecule has 0 aliphatic carbocycles. The molecule has 0 saturated heterocycles. The monoisotopic (exact) mass is 478 g/mol. The van der Waals surface area contributed by atoms with Crippen LogP contribution in [0, 0.1) is 11.3 Å². The molecule has 7 nitrogen and oxygen atoms in total. The van der Waals surface area contributed by atoms with Crippen LogP contribution >= 0.6 is 0 Å². The van der Waals surface area contributed by atoms with E-state index in [4.69, 9.17) is 14.2 Å². The van der Waals surface area contributed by atoms with Crippen molar-refractivity contribution in [2.24, 2.45) is 0 Å². The Morgan fingerprint density at radius 3 is 2.34 bits per heavy atom. The Bertz CT molecular complexity index is 1090. The van der Waals surface area contributed by atoms with Gasteiger partial charge in [0.15, 0.2) is 11.5 Å². The molecule has 0 radical (unpaired) electrons. The minimum absolute atomic E-state index is 0.0291. The highest BCUT2D eigenvalue weighted by molar-refractivity contribution is 6.01. The van der Waals surface area contributed by atoms with Crippen molar-refractivity contribution in [3.8, 4) is 23.3 Å². The van der Waals surface area contributed by atoms with Crippen LogP contribution < -0.4 is 19.5 Å². The molecule has 186 valence electrons. The van der Waals surface area contributed by atoms with Crippen LogP contribution in [0.2, 0.25) is 0 Å². The van der Waals surface area contributed by atoms with Crippen LogP contribution in [-0.4, -0.2) is 31.6 Å². The molecule has 1 N–H and O–H groups in total. The first kappa shape index (κ1) is 27.5. The zero-order chi connectivity index (χ0) is 26.0. The van der Waals surface area contributed by atoms with E-state index in [1.165, 1.54) is 18.7 Å². The van der Waals surface area contributed by atoms with E-state index in [-0.39, 0.29) is 29.2 Å². The van der Waals surface area contributed by atoms with E-state index in [9.17, 15) is 14.9 Å². The highest BCUT2D eigenvalue weighted by atomic mass is 16.6. The number of amides is 1. The predicted octanol–water partition coefficient (Wildman–Crippen LogP) is 5.19. The molecule has 35 heavy (non-hydrogen) atoms. The summed E-state index contributed by atoms with van der Waals surface area (Å²) >= 11 is 0. The van der Waals surface area contributed by atoms with Crippen LogP contribution in [0.3, 0.4) is 0 Å². The quantitative estimate of drug-likeness (QED) is 0.166. The van der Waals surface area contributed by atoms with E-state index in [1.54, 1.807) is 18.2 Å². The van der Waals surface area contributed by atoms with Crippen LogP contribution in [0.1, 0.15) is 58.6 Å². The molecule has 0 unspecified atom stereocenters. The number of nitrogens with one attached hydrogen (secondary N) is 1. The zero-order valence-electron chi connectivity index (χ0n) is 21.3. The fraction of sp³-hybridized carbons (Fsp3) is 0.393. The van der Waals surface area contributed by atoms with Crippen LogP contribution in [0.15, 0.2) is 48.0 Å². The van der Waals surface area contributed by atoms with Gasteiger partial charge in [-0.05, 0) is 67.2 Å². The standard InChI is InChI=1S/C28H34N2O5/c1-19(2)30-27(32)21(18-29)16-20-9-14-24(25(17-20)33-6)35-26(31)8-7-15-34-23-12-10-22(11-13-23)28(3,4)5/h9-14,16-17,19H,7-8,15H2,1-6H3,(H,30,32)/b21-16+. The van der Waals surface area contributed by atoms with Gasteiger partial charge in [0, 0.05) is 12.5 Å². The lowest BCUT2D eigenvalue weighted by Crippen LogP contribution is -2.30. The second-order valence-electron chi connectivity index (χ2n) is 9.41. The normalized spacial score (nSPS) is 11.5. The van der Waals surface area contributed by atoms with Gasteiger partial charge in [0.05, 0.1) is 13.7 Å². The van der Waals surface area contributed by atoms with Crippen molar-refractivity contribution in [3.05, 3.63) is 59.2 Å². The lowest BCUT2D eigenvalue weighted by Gasteiger charge is -2.19. The SMILES string of the molecule is COc1cc(/C=C(\C#N)C(=O)NC(C)C)ccc1OC(=O)CCCOc1ccc(C(C)(C)C)cc1. The average Bonchev–Trinajstić information content (AvgIpc) is 2.80. The Balaban J connectivity index is 1.92. The molecule has 0 fully saturated rings. The first-order chi connectivity index (χ1) is 16.5. The van der Waals surface area contributed by atoms with E-state index in [1.807, 2.05) is 44.2 Å². The summed E-state index contributed by atoms with van der Waals surface area (Å²) in [7, 11) is 1.45. The Hall–Kier alpha value is -3.79. The Kier molecular flexibility index (Phi) is 9.89. The van der Waals surface area contributed by atoms with E-state index in [2.05, 4.69) is 26.1 Å². The molecule has 2 aromatic carbocycles. The molecule has 2 rings (SSSR count). The van der Waals surface area contributed by atoms with Crippen LogP contribution in [0.4, 0.5) is 0 Å². The Labute approximate surface area is 207 Å². The zero-order valence-corrected chi connectivity index (χ0v) is 21.3. The van der Waals surface area contributed by atoms with Gasteiger partial charge in [-0.2, -0.15) is 5.26 Å². The minimum Gasteiger partial charge on any atom is -0.494 e. The molecule has 0 bridgehead atoms. The number of carbonyl (C=O) groups is 2. The van der Waals surface area contributed by atoms with Gasteiger partial charge >= 0.3 is 5.97 Å². The number of ether oxygens (including phenoxy) is 3. The van der Waals surface area contributed by atoms with Crippen molar-refractivity contribution in [1.82, 2.24) is 5.32 Å². The maximum atomic E-state index is 12.3. The maximum Gasteiger partial charge on any atom is 0.311 e. The number of rotatable bonds is 10. The molecule has 0 heterocycles. The van der Waals surface area contributed by atoms with Crippen molar-refractivity contribution >= 4 is 18.0 Å². The largest absolute Gasteiger partial charge is 0.494 e. The summed E-state index contributed by atoms with van der Waals surface area (Å²) in [6, 6.07) is 14.6. The second-order valence-corrected chi connectivity index (χ2v) is 9.41. The molecule has 0 spiro atoms. The summed E-state index contributed by atoms with van der Waals surface area (Å²) in [6.45, 7) is 10.5. The van der Waals surface area contributed by atoms with Crippen molar-refractivity contribution in [2.45, 2.75) is 58.9 Å². The third-order valence-corrected chi connectivity index (χ3v) is 5.02. The van der Waals surface area contributed by atoms with Crippen molar-refractivity contribution in [3.63, 3.8) is 0 Å². The van der Waals surface area contributed by atoms with Crippen molar-refractivity contribution in [1.29, 1.82) is 5.26 Å². The summed E-state index contributed by atoms with van der Waals surface area (Å²) in [6.07, 6.45) is 2.13. The lowest BCUT2D eigenvalue weighted by atomic mass is 9.87. The highest BCUT2D eigenvalue weighted by Crippen LogP contribution is 2.29. The van der Waals surface area contributed by atoms with Gasteiger partial charge in [0.25, 0.3) is 5.91 Å². The molecule has 0 aliphatic rings. The number of hydrogen-bond donors (Lipinski definition) is 1. The number of nitriles is 1. The lowest BCUT2D eigenvalue weighted by molar-refractivity contribution is -0.134. The van der Waals surface area contributed by atoms with E-state index in [0.717, 1.165) is 5.75 Å². The summed E-state index contributed by atoms with van der Waals surface area (Å²) in [5.74, 6) is 0.481. The number of methoxy groups -OCH3 is 1. The average molecular weight is 479 g/mol. The van der Waals surface area contributed by atoms with Crippen molar-refractivity contribution < 1.29 is 23.8 Å². The number of benzene rings is 2. The fourth-order valence-electron chi connectivity index (χ4n) is 3.14. The summed E-state index contributed by atoms with van der Waals surface area (Å²) in [5.41, 5.74) is 1.85. The summed E-state index contributed by atoms with van der Waals surface area (Å²) in [5, 5.41) is 12.0. The van der Waals surface area contributed by atoms with Gasteiger partial charge in [0.1, 0.15) is 17.4 Å². The second kappa shape index (κ2) is 12.6. The van der Waals surface area contributed by atoms with E-state index >= 15 is 0 Å². The van der Waals surface area contributed by atoms with Crippen LogP contribution in [-0.2, 0) is 15.0 Å². The Morgan fingerprint density at radius 2 is 1.77 bits per heavy atom. The summed E-state index contributed by atoms with van der Waals surface area (Å²) in [4.78, 5) is 24.4. The smallest absolute Gasteiger partial charge is 0.311 e. The van der Waals surface area contributed by atoms with E-state index in [0.29, 0.717) is 24.3 Å². The molecule has 0 aliphatic heterocycles. The molecule has 1 amide bonds.